The molecule has 8 heavy (non-hydrogen) atoms. The number of allylic oxidation sites excluding steroid dienone is 1. The molecule has 0 bridgehead atoms. The lowest BCUT2D eigenvalue weighted by molar-refractivity contribution is 0.170. The zero-order valence-corrected chi connectivity index (χ0v) is 4.80. The molecule has 2 nitrogen and oxygen atoms in total. The lowest BCUT2D eigenvalue weighted by Crippen LogP contribution is -2.20. The van der Waals surface area contributed by atoms with Gasteiger partial charge in [0.2, 0.25) is 0 Å². The van der Waals surface area contributed by atoms with E-state index in [0.29, 0.717) is 6.54 Å². The third-order valence-electron chi connectivity index (χ3n) is 1.26. The minimum absolute atomic E-state index is 0. The second kappa shape index (κ2) is 2.72. The van der Waals surface area contributed by atoms with E-state index in [2.05, 4.69) is 5.32 Å². The van der Waals surface area contributed by atoms with Crippen LogP contribution in [0, 0.1) is 0 Å². The monoisotopic (exact) mass is 115 g/mol. The average Bonchev–Trinajstić information content (AvgIpc) is 1.94. The summed E-state index contributed by atoms with van der Waals surface area (Å²) in [6, 6.07) is 0. The molecule has 1 aliphatic rings. The van der Waals surface area contributed by atoms with Gasteiger partial charge in [-0.1, -0.05) is 6.08 Å². The van der Waals surface area contributed by atoms with E-state index in [4.69, 9.17) is 5.11 Å². The second-order valence-electron chi connectivity index (χ2n) is 2.04. The number of aliphatic hydroxyl groups is 1. The first kappa shape index (κ1) is 5.63. The van der Waals surface area contributed by atoms with Gasteiger partial charge in [0.05, 0.1) is 6.10 Å². The summed E-state index contributed by atoms with van der Waals surface area (Å²) in [5.41, 5.74) is 0. The lowest BCUT2D eigenvalue weighted by Gasteiger charge is -2.03. The van der Waals surface area contributed by atoms with Crippen molar-refractivity contribution in [3.8, 4) is 0 Å². The molecule has 1 aliphatic heterocycles. The molecule has 0 saturated carbocycles. The normalized spacial score (nSPS) is 28.9. The Morgan fingerprint density at radius 1 is 1.75 bits per heavy atom. The van der Waals surface area contributed by atoms with Gasteiger partial charge in [-0.15, -0.1) is 0 Å². The first-order valence-electron chi connectivity index (χ1n) is 2.96. The van der Waals surface area contributed by atoms with Crippen LogP contribution < -0.4 is 5.32 Å². The molecule has 0 amide bonds. The molecule has 48 valence electrons. The van der Waals surface area contributed by atoms with Crippen LogP contribution in [0.5, 0.6) is 0 Å². The van der Waals surface area contributed by atoms with Gasteiger partial charge in [0.1, 0.15) is 0 Å². The SMILES string of the molecule is O[C@H]1CCC=CNC1.[HH]. The van der Waals surface area contributed by atoms with E-state index in [0.717, 1.165) is 12.8 Å². The van der Waals surface area contributed by atoms with Crippen LogP contribution in [0.15, 0.2) is 12.3 Å². The highest BCUT2D eigenvalue weighted by atomic mass is 16.3. The van der Waals surface area contributed by atoms with Gasteiger partial charge in [0.25, 0.3) is 0 Å². The molecule has 1 atom stereocenters. The largest absolute Gasteiger partial charge is 0.391 e. The van der Waals surface area contributed by atoms with Gasteiger partial charge in [-0.25, -0.2) is 0 Å². The zero-order valence-electron chi connectivity index (χ0n) is 4.80. The molecule has 0 fully saturated rings. The Balaban J connectivity index is 0.000000640. The molecule has 0 spiro atoms. The van der Waals surface area contributed by atoms with Crippen molar-refractivity contribution in [2.24, 2.45) is 0 Å². The fourth-order valence-electron chi connectivity index (χ4n) is 0.761. The molecular weight excluding hydrogens is 102 g/mol. The van der Waals surface area contributed by atoms with Gasteiger partial charge in [-0.05, 0) is 19.0 Å². The number of rotatable bonds is 0. The van der Waals surface area contributed by atoms with E-state index < -0.39 is 0 Å². The van der Waals surface area contributed by atoms with Crippen molar-refractivity contribution in [1.82, 2.24) is 5.32 Å². The summed E-state index contributed by atoms with van der Waals surface area (Å²) < 4.78 is 0. The predicted molar refractivity (Wildman–Crippen MR) is 34.5 cm³/mol. The number of hydrogen-bond donors (Lipinski definition) is 2. The van der Waals surface area contributed by atoms with Crippen LogP contribution in [0.4, 0.5) is 0 Å². The van der Waals surface area contributed by atoms with Crippen LogP contribution in [-0.2, 0) is 0 Å². The first-order chi connectivity index (χ1) is 3.89. The first-order valence-corrected chi connectivity index (χ1v) is 2.96. The molecule has 0 aromatic rings. The smallest absolute Gasteiger partial charge is 0.0715 e. The summed E-state index contributed by atoms with van der Waals surface area (Å²) in [6.07, 6.45) is 5.68. The number of nitrogens with one attached hydrogen (secondary N) is 1. The van der Waals surface area contributed by atoms with E-state index >= 15 is 0 Å². The number of aliphatic hydroxyl groups excluding tert-OH is 1. The van der Waals surface area contributed by atoms with E-state index in [-0.39, 0.29) is 7.53 Å². The molecule has 2 heteroatoms. The van der Waals surface area contributed by atoms with Gasteiger partial charge in [0.15, 0.2) is 0 Å². The van der Waals surface area contributed by atoms with Crippen LogP contribution in [0.2, 0.25) is 0 Å². The van der Waals surface area contributed by atoms with Gasteiger partial charge in [-0.3, -0.25) is 0 Å². The van der Waals surface area contributed by atoms with Crippen molar-refractivity contribution in [2.75, 3.05) is 6.54 Å². The molecule has 0 aromatic carbocycles. The third kappa shape index (κ3) is 1.54. The van der Waals surface area contributed by atoms with Gasteiger partial charge in [-0.2, -0.15) is 0 Å². The van der Waals surface area contributed by atoms with Crippen molar-refractivity contribution in [3.63, 3.8) is 0 Å². The summed E-state index contributed by atoms with van der Waals surface area (Å²) in [4.78, 5) is 0. The van der Waals surface area contributed by atoms with Crippen LogP contribution >= 0.6 is 0 Å². The molecule has 2 N–H and O–H groups in total. The molecule has 0 radical (unpaired) electrons. The highest BCUT2D eigenvalue weighted by Crippen LogP contribution is 1.99. The van der Waals surface area contributed by atoms with Crippen LogP contribution in [0.1, 0.15) is 14.3 Å². The summed E-state index contributed by atoms with van der Waals surface area (Å²) in [5, 5.41) is 12.0. The number of hydrogen-bond acceptors (Lipinski definition) is 2. The maximum Gasteiger partial charge on any atom is 0.0715 e. The van der Waals surface area contributed by atoms with Gasteiger partial charge >= 0.3 is 0 Å². The van der Waals surface area contributed by atoms with Crippen molar-refractivity contribution in [1.29, 1.82) is 0 Å². The Morgan fingerprint density at radius 2 is 2.62 bits per heavy atom. The van der Waals surface area contributed by atoms with Crippen LogP contribution in [-0.4, -0.2) is 17.8 Å². The molecule has 0 saturated heterocycles. The minimum atomic E-state index is -0.148. The quantitative estimate of drug-likeness (QED) is 0.481. The summed E-state index contributed by atoms with van der Waals surface area (Å²) in [6.45, 7) is 0.705. The van der Waals surface area contributed by atoms with Crippen molar-refractivity contribution >= 4 is 0 Å². The van der Waals surface area contributed by atoms with Crippen molar-refractivity contribution in [3.05, 3.63) is 12.3 Å². The fraction of sp³-hybridized carbons (Fsp3) is 0.667. The standard InChI is InChI=1S/C6H11NO.H2/c8-6-3-1-2-4-7-5-6;/h2,4,6-8H,1,3,5H2;1H/t6-;/m0./s1. The third-order valence-corrected chi connectivity index (χ3v) is 1.26. The maximum atomic E-state index is 8.99. The van der Waals surface area contributed by atoms with Crippen molar-refractivity contribution < 1.29 is 6.53 Å². The fourth-order valence-corrected chi connectivity index (χ4v) is 0.761. The Bertz CT molecular complexity index is 85.1. The van der Waals surface area contributed by atoms with Crippen LogP contribution in [0.3, 0.4) is 0 Å². The van der Waals surface area contributed by atoms with Gasteiger partial charge in [0, 0.05) is 7.97 Å². The van der Waals surface area contributed by atoms with E-state index in [1.165, 1.54) is 0 Å². The summed E-state index contributed by atoms with van der Waals surface area (Å²) in [7, 11) is 0. The lowest BCUT2D eigenvalue weighted by atomic mass is 10.2. The van der Waals surface area contributed by atoms with Crippen LogP contribution in [0.25, 0.3) is 0 Å². The molecule has 0 unspecified atom stereocenters. The second-order valence-corrected chi connectivity index (χ2v) is 2.04. The number of β-amino-alcohol motifs (C(OH)–C–C–N with tert-alkyl or cyclic N) is 1. The topological polar surface area (TPSA) is 32.3 Å². The molecule has 0 aliphatic carbocycles. The van der Waals surface area contributed by atoms with E-state index in [1.807, 2.05) is 12.3 Å². The zero-order chi connectivity index (χ0) is 5.82. The minimum Gasteiger partial charge on any atom is -0.391 e. The molecular formula is C6H13NO. The highest BCUT2D eigenvalue weighted by molar-refractivity contribution is 4.84. The maximum absolute atomic E-state index is 8.99. The molecule has 0 aromatic heterocycles. The average molecular weight is 115 g/mol. The Kier molecular flexibility index (Phi) is 1.92. The van der Waals surface area contributed by atoms with E-state index in [1.54, 1.807) is 0 Å². The molecule has 1 rings (SSSR count). The molecule has 1 heterocycles. The summed E-state index contributed by atoms with van der Waals surface area (Å²) >= 11 is 0. The Hall–Kier alpha value is -0.500. The summed E-state index contributed by atoms with van der Waals surface area (Å²) in [5.74, 6) is 0. The predicted octanol–water partition coefficient (Wildman–Crippen LogP) is 0.490. The van der Waals surface area contributed by atoms with Crippen molar-refractivity contribution in [2.45, 2.75) is 18.9 Å². The Labute approximate surface area is 50.7 Å². The Morgan fingerprint density at radius 3 is 3.50 bits per heavy atom. The van der Waals surface area contributed by atoms with E-state index in [9.17, 15) is 0 Å². The highest BCUT2D eigenvalue weighted by Gasteiger charge is 2.01. The van der Waals surface area contributed by atoms with Gasteiger partial charge < -0.3 is 10.4 Å².